The molecule has 0 unspecified atom stereocenters. The molecule has 0 atom stereocenters. The number of benzene rings is 1. The molecule has 72 valence electrons. The van der Waals surface area contributed by atoms with E-state index in [2.05, 4.69) is 20.8 Å². The third-order valence-electron chi connectivity index (χ3n) is 1.94. The van der Waals surface area contributed by atoms with Crippen molar-refractivity contribution in [2.45, 2.75) is 31.1 Å². The van der Waals surface area contributed by atoms with Gasteiger partial charge in [0.25, 0.3) is 0 Å². The molecule has 3 heteroatoms. The van der Waals surface area contributed by atoms with Gasteiger partial charge in [-0.1, -0.05) is 32.9 Å². The first-order valence-electron chi connectivity index (χ1n) is 4.16. The maximum Gasteiger partial charge on any atom is 0.168 e. The van der Waals surface area contributed by atoms with Gasteiger partial charge in [-0.2, -0.15) is 0 Å². The topological polar surface area (TPSA) is 34.1 Å². The van der Waals surface area contributed by atoms with Gasteiger partial charge in [-0.3, -0.25) is 0 Å². The molecule has 0 saturated carbocycles. The number of hydrogen-bond acceptors (Lipinski definition) is 2. The van der Waals surface area contributed by atoms with E-state index in [1.54, 1.807) is 12.1 Å². The zero-order chi connectivity index (χ0) is 10.1. The predicted molar refractivity (Wildman–Crippen MR) is 53.7 cm³/mol. The van der Waals surface area contributed by atoms with Crippen LogP contribution in [0.4, 0.5) is 0 Å². The Morgan fingerprint density at radius 2 is 1.46 bits per heavy atom. The molecule has 0 spiro atoms. The van der Waals surface area contributed by atoms with Crippen LogP contribution in [0, 0.1) is 0 Å². The summed E-state index contributed by atoms with van der Waals surface area (Å²) in [4.78, 5) is 0.378. The molecule has 0 amide bonds. The molecule has 0 radical (unpaired) electrons. The second-order valence-electron chi connectivity index (χ2n) is 4.05. The van der Waals surface area contributed by atoms with Gasteiger partial charge < -0.3 is 0 Å². The molecule has 0 N–H and O–H groups in total. The van der Waals surface area contributed by atoms with Gasteiger partial charge in [0, 0.05) is 0 Å². The van der Waals surface area contributed by atoms with Crippen molar-refractivity contribution >= 4 is 10.7 Å². The zero-order valence-electron chi connectivity index (χ0n) is 8.07. The summed E-state index contributed by atoms with van der Waals surface area (Å²) in [7, 11) is -2.44. The van der Waals surface area contributed by atoms with Crippen LogP contribution in [0.25, 0.3) is 0 Å². The van der Waals surface area contributed by atoms with Gasteiger partial charge in [-0.25, -0.2) is 8.42 Å². The van der Waals surface area contributed by atoms with Crippen molar-refractivity contribution in [2.75, 3.05) is 0 Å². The normalized spacial score (nSPS) is 12.0. The minimum absolute atomic E-state index is 0.0764. The van der Waals surface area contributed by atoms with Crippen molar-refractivity contribution in [3.8, 4) is 0 Å². The summed E-state index contributed by atoms with van der Waals surface area (Å²) in [5.74, 6) is 0. The van der Waals surface area contributed by atoms with Crippen molar-refractivity contribution in [2.24, 2.45) is 0 Å². The Labute approximate surface area is 80.5 Å². The summed E-state index contributed by atoms with van der Waals surface area (Å²) in [6.45, 7) is 6.29. The van der Waals surface area contributed by atoms with Crippen molar-refractivity contribution in [1.82, 2.24) is 0 Å². The quantitative estimate of drug-likeness (QED) is 0.700. The standard InChI is InChI=1S/C10H14O2S/c1-10(2,3)8-4-6-9(7-5-8)13(11)12/h4-7,13H,1-3H3. The number of rotatable bonds is 1. The summed E-state index contributed by atoms with van der Waals surface area (Å²) >= 11 is 0. The second kappa shape index (κ2) is 3.50. The van der Waals surface area contributed by atoms with E-state index in [9.17, 15) is 8.42 Å². The van der Waals surface area contributed by atoms with Gasteiger partial charge in [0.05, 0.1) is 4.90 Å². The molecular weight excluding hydrogens is 184 g/mol. The third kappa shape index (κ3) is 2.56. The van der Waals surface area contributed by atoms with Crippen LogP contribution in [0.1, 0.15) is 26.3 Å². The first-order chi connectivity index (χ1) is 5.91. The largest absolute Gasteiger partial charge is 0.227 e. The average Bonchev–Trinajstić information content (AvgIpc) is 2.03. The minimum Gasteiger partial charge on any atom is -0.227 e. The molecule has 0 aliphatic rings. The zero-order valence-corrected chi connectivity index (χ0v) is 8.97. The first-order valence-corrected chi connectivity index (χ1v) is 5.34. The lowest BCUT2D eigenvalue weighted by Crippen LogP contribution is -2.10. The Morgan fingerprint density at radius 1 is 1.00 bits per heavy atom. The van der Waals surface area contributed by atoms with Crippen molar-refractivity contribution in [3.05, 3.63) is 29.8 Å². The summed E-state index contributed by atoms with van der Waals surface area (Å²) < 4.78 is 21.2. The van der Waals surface area contributed by atoms with Crippen LogP contribution in [0.5, 0.6) is 0 Å². The van der Waals surface area contributed by atoms with E-state index in [0.717, 1.165) is 5.56 Å². The Kier molecular flexibility index (Phi) is 2.76. The van der Waals surface area contributed by atoms with Gasteiger partial charge in [0.15, 0.2) is 10.7 Å². The molecule has 0 aliphatic heterocycles. The van der Waals surface area contributed by atoms with Crippen LogP contribution in [0.3, 0.4) is 0 Å². The van der Waals surface area contributed by atoms with Crippen LogP contribution in [0.15, 0.2) is 29.2 Å². The smallest absolute Gasteiger partial charge is 0.168 e. The van der Waals surface area contributed by atoms with E-state index < -0.39 is 10.7 Å². The van der Waals surface area contributed by atoms with E-state index in [0.29, 0.717) is 4.90 Å². The Morgan fingerprint density at radius 3 is 1.77 bits per heavy atom. The maximum atomic E-state index is 10.6. The van der Waals surface area contributed by atoms with Gasteiger partial charge in [-0.05, 0) is 23.1 Å². The van der Waals surface area contributed by atoms with Crippen LogP contribution in [-0.2, 0) is 16.1 Å². The summed E-state index contributed by atoms with van der Waals surface area (Å²) in [6, 6.07) is 7.01. The van der Waals surface area contributed by atoms with E-state index in [-0.39, 0.29) is 5.41 Å². The summed E-state index contributed by atoms with van der Waals surface area (Å²) in [5, 5.41) is 0. The maximum absolute atomic E-state index is 10.6. The predicted octanol–water partition coefficient (Wildman–Crippen LogP) is 1.95. The summed E-state index contributed by atoms with van der Waals surface area (Å²) in [6.07, 6.45) is 0. The molecule has 1 aromatic rings. The average molecular weight is 198 g/mol. The fraction of sp³-hybridized carbons (Fsp3) is 0.400. The van der Waals surface area contributed by atoms with Gasteiger partial charge in [0.2, 0.25) is 0 Å². The lowest BCUT2D eigenvalue weighted by Gasteiger charge is -2.18. The molecule has 1 rings (SSSR count). The number of hydrogen-bond donors (Lipinski definition) is 1. The van der Waals surface area contributed by atoms with Crippen molar-refractivity contribution < 1.29 is 8.42 Å². The molecule has 0 aliphatic carbocycles. The lowest BCUT2D eigenvalue weighted by atomic mass is 9.87. The first kappa shape index (κ1) is 10.3. The highest BCUT2D eigenvalue weighted by molar-refractivity contribution is 7.72. The van der Waals surface area contributed by atoms with Crippen LogP contribution < -0.4 is 0 Å². The summed E-state index contributed by atoms with van der Waals surface area (Å²) in [5.41, 5.74) is 1.22. The molecule has 2 nitrogen and oxygen atoms in total. The lowest BCUT2D eigenvalue weighted by molar-refractivity contribution is 0.588. The van der Waals surface area contributed by atoms with Crippen LogP contribution in [-0.4, -0.2) is 8.42 Å². The minimum atomic E-state index is -2.44. The van der Waals surface area contributed by atoms with Crippen LogP contribution >= 0.6 is 0 Å². The Hall–Kier alpha value is -0.830. The Balaban J connectivity index is 3.08. The highest BCUT2D eigenvalue weighted by atomic mass is 32.2. The molecule has 1 aromatic carbocycles. The number of thiol groups is 1. The molecule has 0 aromatic heterocycles. The molecule has 0 bridgehead atoms. The monoisotopic (exact) mass is 198 g/mol. The second-order valence-corrected chi connectivity index (χ2v) is 5.08. The SMILES string of the molecule is CC(C)(C)c1ccc([SH](=O)=O)cc1. The van der Waals surface area contributed by atoms with E-state index in [4.69, 9.17) is 0 Å². The van der Waals surface area contributed by atoms with Crippen molar-refractivity contribution in [3.63, 3.8) is 0 Å². The fourth-order valence-corrected chi connectivity index (χ4v) is 1.48. The fourth-order valence-electron chi connectivity index (χ4n) is 1.08. The molecular formula is C10H14O2S. The Bertz CT molecular complexity index is 348. The van der Waals surface area contributed by atoms with Crippen molar-refractivity contribution in [1.29, 1.82) is 0 Å². The molecule has 13 heavy (non-hydrogen) atoms. The molecule has 0 fully saturated rings. The van der Waals surface area contributed by atoms with E-state index >= 15 is 0 Å². The third-order valence-corrected chi connectivity index (χ3v) is 2.66. The molecule has 0 heterocycles. The van der Waals surface area contributed by atoms with Gasteiger partial charge in [0.1, 0.15) is 0 Å². The highest BCUT2D eigenvalue weighted by Crippen LogP contribution is 2.22. The van der Waals surface area contributed by atoms with Gasteiger partial charge >= 0.3 is 0 Å². The molecule has 0 saturated heterocycles. The van der Waals surface area contributed by atoms with Gasteiger partial charge in [-0.15, -0.1) is 0 Å². The highest BCUT2D eigenvalue weighted by Gasteiger charge is 2.12. The van der Waals surface area contributed by atoms with E-state index in [1.165, 1.54) is 0 Å². The van der Waals surface area contributed by atoms with Crippen LogP contribution in [0.2, 0.25) is 0 Å². The van der Waals surface area contributed by atoms with E-state index in [1.807, 2.05) is 12.1 Å².